The molecule has 0 heterocycles. The molecule has 8 heteroatoms. The highest BCUT2D eigenvalue weighted by Gasteiger charge is 2.27. The Kier molecular flexibility index (Phi) is 8.54. The second-order valence-electron chi connectivity index (χ2n) is 6.51. The SMILES string of the molecule is COC(C(=O)NCc1ccc(C(=N)N)cc1)c1c(F)cccc1Oc1ccccc1.Cl. The van der Waals surface area contributed by atoms with Gasteiger partial charge in [0.15, 0.2) is 6.10 Å². The number of methoxy groups -OCH3 is 1. The number of carbonyl (C=O) groups excluding carboxylic acids is 1. The molecule has 6 nitrogen and oxygen atoms in total. The molecule has 0 aliphatic carbocycles. The first kappa shape index (κ1) is 23.9. The predicted molar refractivity (Wildman–Crippen MR) is 119 cm³/mol. The van der Waals surface area contributed by atoms with Crippen molar-refractivity contribution in [1.29, 1.82) is 5.41 Å². The van der Waals surface area contributed by atoms with Gasteiger partial charge in [-0.05, 0) is 29.8 Å². The van der Waals surface area contributed by atoms with Crippen LogP contribution >= 0.6 is 12.4 Å². The normalized spacial score (nSPS) is 11.2. The molecule has 0 aliphatic rings. The molecule has 1 unspecified atom stereocenters. The first-order chi connectivity index (χ1) is 14.5. The molecule has 1 atom stereocenters. The largest absolute Gasteiger partial charge is 0.457 e. The maximum absolute atomic E-state index is 14.7. The molecule has 0 saturated carbocycles. The molecule has 0 aliphatic heterocycles. The Morgan fingerprint density at radius 3 is 2.35 bits per heavy atom. The highest BCUT2D eigenvalue weighted by molar-refractivity contribution is 5.94. The number of benzene rings is 3. The van der Waals surface area contributed by atoms with Crippen LogP contribution in [0, 0.1) is 11.2 Å². The van der Waals surface area contributed by atoms with Crippen molar-refractivity contribution in [3.8, 4) is 11.5 Å². The summed E-state index contributed by atoms with van der Waals surface area (Å²) in [5, 5.41) is 10.2. The summed E-state index contributed by atoms with van der Waals surface area (Å²) in [6.07, 6.45) is -1.19. The Balaban J connectivity index is 0.00000341. The van der Waals surface area contributed by atoms with E-state index in [4.69, 9.17) is 20.6 Å². The fourth-order valence-corrected chi connectivity index (χ4v) is 2.92. The van der Waals surface area contributed by atoms with E-state index in [1.165, 1.54) is 19.2 Å². The summed E-state index contributed by atoms with van der Waals surface area (Å²) in [5.41, 5.74) is 6.86. The number of para-hydroxylation sites is 1. The van der Waals surface area contributed by atoms with E-state index in [0.29, 0.717) is 11.3 Å². The molecular weight excluding hydrogens is 421 g/mol. The van der Waals surface area contributed by atoms with Gasteiger partial charge in [0, 0.05) is 19.2 Å². The van der Waals surface area contributed by atoms with Crippen molar-refractivity contribution in [2.75, 3.05) is 7.11 Å². The lowest BCUT2D eigenvalue weighted by molar-refractivity contribution is -0.131. The monoisotopic (exact) mass is 443 g/mol. The molecule has 1 amide bonds. The van der Waals surface area contributed by atoms with Crippen LogP contribution in [0.25, 0.3) is 0 Å². The standard InChI is InChI=1S/C23H22FN3O3.ClH/c1-29-21(23(28)27-14-15-10-12-16(13-11-15)22(25)26)20-18(24)8-5-9-19(20)30-17-6-3-2-4-7-17;/h2-13,21H,14H2,1H3,(H3,25,26)(H,27,28);1H. The van der Waals surface area contributed by atoms with E-state index < -0.39 is 17.8 Å². The van der Waals surface area contributed by atoms with Gasteiger partial charge in [0.05, 0.1) is 5.56 Å². The first-order valence-electron chi connectivity index (χ1n) is 9.24. The summed E-state index contributed by atoms with van der Waals surface area (Å²) in [6.45, 7) is 0.209. The number of rotatable bonds is 8. The molecule has 3 aromatic rings. The van der Waals surface area contributed by atoms with Gasteiger partial charge in [0.2, 0.25) is 0 Å². The zero-order chi connectivity index (χ0) is 21.5. The Bertz CT molecular complexity index is 1030. The number of nitrogens with one attached hydrogen (secondary N) is 2. The first-order valence-corrected chi connectivity index (χ1v) is 9.24. The lowest BCUT2D eigenvalue weighted by atomic mass is 10.1. The van der Waals surface area contributed by atoms with Crippen molar-refractivity contribution in [3.05, 3.63) is 95.3 Å². The van der Waals surface area contributed by atoms with Gasteiger partial charge in [-0.1, -0.05) is 48.5 Å². The molecule has 4 N–H and O–H groups in total. The number of nitrogens with two attached hydrogens (primary N) is 1. The second-order valence-corrected chi connectivity index (χ2v) is 6.51. The molecule has 0 aromatic heterocycles. The van der Waals surface area contributed by atoms with E-state index in [1.807, 2.05) is 6.07 Å². The van der Waals surface area contributed by atoms with E-state index >= 15 is 0 Å². The molecule has 0 fully saturated rings. The zero-order valence-corrected chi connectivity index (χ0v) is 17.6. The fraction of sp³-hybridized carbons (Fsp3) is 0.130. The summed E-state index contributed by atoms with van der Waals surface area (Å²) >= 11 is 0. The van der Waals surface area contributed by atoms with Gasteiger partial charge in [-0.2, -0.15) is 0 Å². The van der Waals surface area contributed by atoms with Gasteiger partial charge in [0.25, 0.3) is 5.91 Å². The molecule has 0 saturated heterocycles. The van der Waals surface area contributed by atoms with E-state index in [0.717, 1.165) is 5.56 Å². The summed E-state index contributed by atoms with van der Waals surface area (Å²) in [6, 6.07) is 20.2. The number of hydrogen-bond acceptors (Lipinski definition) is 4. The van der Waals surface area contributed by atoms with Crippen LogP contribution < -0.4 is 15.8 Å². The predicted octanol–water partition coefficient (Wildman–Crippen LogP) is 4.33. The number of halogens is 2. The molecule has 162 valence electrons. The maximum atomic E-state index is 14.7. The summed E-state index contributed by atoms with van der Waals surface area (Å²) in [4.78, 5) is 12.8. The van der Waals surface area contributed by atoms with Crippen LogP contribution in [0.1, 0.15) is 22.8 Å². The minimum absolute atomic E-state index is 0. The number of amides is 1. The summed E-state index contributed by atoms with van der Waals surface area (Å²) in [7, 11) is 1.34. The van der Waals surface area contributed by atoms with Crippen LogP contribution in [-0.4, -0.2) is 18.9 Å². The Labute approximate surface area is 186 Å². The third-order valence-corrected chi connectivity index (χ3v) is 4.45. The summed E-state index contributed by atoms with van der Waals surface area (Å²) in [5.74, 6) is -0.415. The third kappa shape index (κ3) is 6.04. The average Bonchev–Trinajstić information content (AvgIpc) is 2.75. The van der Waals surface area contributed by atoms with Crippen LogP contribution in [0.3, 0.4) is 0 Å². The average molecular weight is 444 g/mol. The van der Waals surface area contributed by atoms with Crippen molar-refractivity contribution in [2.24, 2.45) is 5.73 Å². The minimum atomic E-state index is -1.19. The number of amidine groups is 1. The van der Waals surface area contributed by atoms with Crippen LogP contribution in [0.15, 0.2) is 72.8 Å². The molecule has 3 rings (SSSR count). The fourth-order valence-electron chi connectivity index (χ4n) is 2.92. The quantitative estimate of drug-likeness (QED) is 0.356. The smallest absolute Gasteiger partial charge is 0.254 e. The Morgan fingerprint density at radius 1 is 1.06 bits per heavy atom. The minimum Gasteiger partial charge on any atom is -0.457 e. The lowest BCUT2D eigenvalue weighted by Gasteiger charge is -2.19. The lowest BCUT2D eigenvalue weighted by Crippen LogP contribution is -2.30. The van der Waals surface area contributed by atoms with Crippen molar-refractivity contribution in [2.45, 2.75) is 12.6 Å². The zero-order valence-electron chi connectivity index (χ0n) is 16.8. The number of carbonyl (C=O) groups is 1. The van der Waals surface area contributed by atoms with E-state index in [-0.39, 0.29) is 36.1 Å². The van der Waals surface area contributed by atoms with Crippen molar-refractivity contribution in [1.82, 2.24) is 5.32 Å². The van der Waals surface area contributed by atoms with Crippen LogP contribution in [0.4, 0.5) is 4.39 Å². The van der Waals surface area contributed by atoms with Crippen LogP contribution in [0.2, 0.25) is 0 Å². The van der Waals surface area contributed by atoms with E-state index in [1.54, 1.807) is 54.6 Å². The van der Waals surface area contributed by atoms with E-state index in [2.05, 4.69) is 5.32 Å². The molecule has 0 spiro atoms. The highest BCUT2D eigenvalue weighted by Crippen LogP contribution is 2.33. The van der Waals surface area contributed by atoms with Gasteiger partial charge in [-0.25, -0.2) is 4.39 Å². The molecule has 3 aromatic carbocycles. The number of hydrogen-bond donors (Lipinski definition) is 3. The number of ether oxygens (including phenoxy) is 2. The highest BCUT2D eigenvalue weighted by atomic mass is 35.5. The van der Waals surface area contributed by atoms with Crippen molar-refractivity contribution in [3.63, 3.8) is 0 Å². The summed E-state index contributed by atoms with van der Waals surface area (Å²) < 4.78 is 25.8. The van der Waals surface area contributed by atoms with Crippen LogP contribution in [-0.2, 0) is 16.1 Å². The van der Waals surface area contributed by atoms with Gasteiger partial charge >= 0.3 is 0 Å². The molecule has 0 bridgehead atoms. The second kappa shape index (κ2) is 11.1. The molecular formula is C23H23ClFN3O3. The maximum Gasteiger partial charge on any atom is 0.254 e. The van der Waals surface area contributed by atoms with Crippen molar-refractivity contribution < 1.29 is 18.7 Å². The van der Waals surface area contributed by atoms with Crippen LogP contribution in [0.5, 0.6) is 11.5 Å². The molecule has 31 heavy (non-hydrogen) atoms. The van der Waals surface area contributed by atoms with Crippen molar-refractivity contribution >= 4 is 24.1 Å². The van der Waals surface area contributed by atoms with E-state index in [9.17, 15) is 9.18 Å². The van der Waals surface area contributed by atoms with Gasteiger partial charge < -0.3 is 20.5 Å². The Morgan fingerprint density at radius 2 is 1.74 bits per heavy atom. The molecule has 0 radical (unpaired) electrons. The number of nitrogen functional groups attached to an aromatic ring is 1. The third-order valence-electron chi connectivity index (χ3n) is 4.45. The topological polar surface area (TPSA) is 97.4 Å². The van der Waals surface area contributed by atoms with Gasteiger partial charge in [0.1, 0.15) is 23.2 Å². The van der Waals surface area contributed by atoms with Gasteiger partial charge in [-0.3, -0.25) is 10.2 Å². The van der Waals surface area contributed by atoms with Gasteiger partial charge in [-0.15, -0.1) is 12.4 Å². The Hall–Kier alpha value is -3.42.